The van der Waals surface area contributed by atoms with Crippen molar-refractivity contribution < 1.29 is 23.1 Å². The molecule has 0 spiro atoms. The van der Waals surface area contributed by atoms with Gasteiger partial charge in [0.1, 0.15) is 11.3 Å². The molecular weight excluding hydrogens is 504 g/mol. The molecule has 0 fully saturated rings. The highest BCUT2D eigenvalue weighted by molar-refractivity contribution is 7.90. The van der Waals surface area contributed by atoms with Gasteiger partial charge in [-0.25, -0.2) is 17.2 Å². The SMILES string of the molecule is C[C@H](O)c1cnc(-c2cc3c4c(ccc3n2S(=O)(=O)c2ccccc2)[C@H](NC(=O)OC(C)(C)C)CC4)cn1. The molecule has 0 aliphatic heterocycles. The first-order valence-electron chi connectivity index (χ1n) is 12.4. The number of hydrogen-bond donors (Lipinski definition) is 2. The van der Waals surface area contributed by atoms with Crippen molar-refractivity contribution in [3.63, 3.8) is 0 Å². The molecule has 9 nitrogen and oxygen atoms in total. The molecule has 38 heavy (non-hydrogen) atoms. The van der Waals surface area contributed by atoms with Crippen molar-refractivity contribution in [3.8, 4) is 11.4 Å². The van der Waals surface area contributed by atoms with Crippen LogP contribution < -0.4 is 5.32 Å². The van der Waals surface area contributed by atoms with Crippen LogP contribution >= 0.6 is 0 Å². The van der Waals surface area contributed by atoms with Gasteiger partial charge in [0.2, 0.25) is 0 Å². The van der Waals surface area contributed by atoms with Gasteiger partial charge < -0.3 is 15.2 Å². The van der Waals surface area contributed by atoms with Gasteiger partial charge >= 0.3 is 6.09 Å². The number of aryl methyl sites for hydroxylation is 1. The Morgan fingerprint density at radius 1 is 1.13 bits per heavy atom. The molecule has 4 aromatic rings. The maximum absolute atomic E-state index is 13.9. The summed E-state index contributed by atoms with van der Waals surface area (Å²) in [7, 11) is -3.99. The number of fused-ring (bicyclic) bond motifs is 3. The molecule has 2 atom stereocenters. The van der Waals surface area contributed by atoms with Crippen molar-refractivity contribution in [3.05, 3.63) is 77.7 Å². The lowest BCUT2D eigenvalue weighted by molar-refractivity contribution is 0.0503. The highest BCUT2D eigenvalue weighted by Gasteiger charge is 2.31. The van der Waals surface area contributed by atoms with E-state index in [-0.39, 0.29) is 10.9 Å². The molecule has 5 rings (SSSR count). The van der Waals surface area contributed by atoms with Crippen molar-refractivity contribution >= 4 is 27.0 Å². The van der Waals surface area contributed by atoms with Crippen LogP contribution in [0.5, 0.6) is 0 Å². The fourth-order valence-electron chi connectivity index (χ4n) is 4.80. The van der Waals surface area contributed by atoms with E-state index in [2.05, 4.69) is 15.3 Å². The number of amides is 1. The summed E-state index contributed by atoms with van der Waals surface area (Å²) >= 11 is 0. The van der Waals surface area contributed by atoms with Crippen molar-refractivity contribution in [1.29, 1.82) is 0 Å². The Labute approximate surface area is 221 Å². The molecule has 10 heteroatoms. The summed E-state index contributed by atoms with van der Waals surface area (Å²) in [5, 5.41) is 13.6. The number of hydrogen-bond acceptors (Lipinski definition) is 7. The van der Waals surface area contributed by atoms with E-state index in [4.69, 9.17) is 4.74 Å². The fourth-order valence-corrected chi connectivity index (χ4v) is 6.34. The number of carbonyl (C=O) groups is 1. The lowest BCUT2D eigenvalue weighted by atomic mass is 10.0. The number of nitrogens with zero attached hydrogens (tertiary/aromatic N) is 3. The number of aliphatic hydroxyl groups excluding tert-OH is 1. The number of carbonyl (C=O) groups excluding carboxylic acids is 1. The quantitative estimate of drug-likeness (QED) is 0.373. The smallest absolute Gasteiger partial charge is 0.408 e. The maximum atomic E-state index is 13.9. The van der Waals surface area contributed by atoms with Crippen molar-refractivity contribution in [1.82, 2.24) is 19.3 Å². The predicted molar refractivity (Wildman–Crippen MR) is 143 cm³/mol. The average molecular weight is 535 g/mol. The Morgan fingerprint density at radius 2 is 1.87 bits per heavy atom. The van der Waals surface area contributed by atoms with Crippen LogP contribution in [0.2, 0.25) is 0 Å². The highest BCUT2D eigenvalue weighted by Crippen LogP contribution is 2.40. The molecule has 0 radical (unpaired) electrons. The summed E-state index contributed by atoms with van der Waals surface area (Å²) in [6.07, 6.45) is 2.96. The van der Waals surface area contributed by atoms with Crippen LogP contribution in [0.15, 0.2) is 65.8 Å². The van der Waals surface area contributed by atoms with Crippen LogP contribution in [-0.4, -0.2) is 39.2 Å². The van der Waals surface area contributed by atoms with Gasteiger partial charge in [0.25, 0.3) is 10.0 Å². The van der Waals surface area contributed by atoms with E-state index >= 15 is 0 Å². The van der Waals surface area contributed by atoms with Crippen molar-refractivity contribution in [2.75, 3.05) is 0 Å². The molecule has 2 aromatic heterocycles. The lowest BCUT2D eigenvalue weighted by Gasteiger charge is -2.22. The second-order valence-electron chi connectivity index (χ2n) is 10.4. The molecule has 198 valence electrons. The molecule has 2 heterocycles. The van der Waals surface area contributed by atoms with Crippen LogP contribution in [0.4, 0.5) is 4.79 Å². The first-order chi connectivity index (χ1) is 18.0. The van der Waals surface area contributed by atoms with E-state index < -0.39 is 27.8 Å². The van der Waals surface area contributed by atoms with Gasteiger partial charge in [0.15, 0.2) is 0 Å². The minimum absolute atomic E-state index is 0.150. The van der Waals surface area contributed by atoms with Gasteiger partial charge in [-0.05, 0) is 75.9 Å². The minimum atomic E-state index is -3.99. The number of rotatable bonds is 5. The van der Waals surface area contributed by atoms with Gasteiger partial charge in [0.05, 0.1) is 46.3 Å². The summed E-state index contributed by atoms with van der Waals surface area (Å²) in [5.74, 6) is 0. The van der Waals surface area contributed by atoms with Gasteiger partial charge in [0, 0.05) is 5.39 Å². The molecule has 2 N–H and O–H groups in total. The maximum Gasteiger partial charge on any atom is 0.408 e. The first-order valence-corrected chi connectivity index (χ1v) is 13.9. The first kappa shape index (κ1) is 25.9. The second kappa shape index (κ2) is 9.52. The third kappa shape index (κ3) is 4.77. The van der Waals surface area contributed by atoms with E-state index in [1.165, 1.54) is 16.4 Å². The number of ether oxygens (including phenoxy) is 1. The zero-order valence-electron chi connectivity index (χ0n) is 21.7. The van der Waals surface area contributed by atoms with Gasteiger partial charge in [-0.2, -0.15) is 0 Å². The topological polar surface area (TPSA) is 123 Å². The molecule has 1 aliphatic rings. The number of aromatic nitrogens is 3. The van der Waals surface area contributed by atoms with Crippen molar-refractivity contribution in [2.45, 2.75) is 63.2 Å². The third-order valence-electron chi connectivity index (χ3n) is 6.48. The van der Waals surface area contributed by atoms with E-state index in [0.717, 1.165) is 16.5 Å². The van der Waals surface area contributed by atoms with Gasteiger partial charge in [-0.15, -0.1) is 0 Å². The minimum Gasteiger partial charge on any atom is -0.444 e. The summed E-state index contributed by atoms with van der Waals surface area (Å²) in [4.78, 5) is 21.3. The summed E-state index contributed by atoms with van der Waals surface area (Å²) in [6.45, 7) is 7.03. The van der Waals surface area contributed by atoms with Gasteiger partial charge in [-0.3, -0.25) is 9.97 Å². The highest BCUT2D eigenvalue weighted by atomic mass is 32.2. The Morgan fingerprint density at radius 3 is 2.50 bits per heavy atom. The van der Waals surface area contributed by atoms with E-state index in [1.807, 2.05) is 32.9 Å². The normalized spacial score (nSPS) is 16.3. The Bertz CT molecular complexity index is 1610. The second-order valence-corrected chi connectivity index (χ2v) is 12.2. The molecule has 0 saturated heterocycles. The largest absolute Gasteiger partial charge is 0.444 e. The monoisotopic (exact) mass is 534 g/mol. The van der Waals surface area contributed by atoms with Crippen LogP contribution in [-0.2, 0) is 21.2 Å². The predicted octanol–water partition coefficient (Wildman–Crippen LogP) is 4.90. The summed E-state index contributed by atoms with van der Waals surface area (Å²) < 4.78 is 34.6. The molecule has 1 amide bonds. The van der Waals surface area contributed by atoms with Crippen LogP contribution in [0.1, 0.15) is 63.1 Å². The summed E-state index contributed by atoms with van der Waals surface area (Å²) in [6, 6.07) is 13.4. The zero-order valence-corrected chi connectivity index (χ0v) is 22.5. The van der Waals surface area contributed by atoms with Crippen LogP contribution in [0, 0.1) is 0 Å². The number of benzene rings is 2. The number of alkyl carbamates (subject to hydrolysis) is 1. The van der Waals surface area contributed by atoms with E-state index in [0.29, 0.717) is 35.4 Å². The van der Waals surface area contributed by atoms with E-state index in [9.17, 15) is 18.3 Å². The zero-order chi connectivity index (χ0) is 27.2. The van der Waals surface area contributed by atoms with Crippen LogP contribution in [0.3, 0.4) is 0 Å². The lowest BCUT2D eigenvalue weighted by Crippen LogP contribution is -2.34. The molecule has 0 saturated carbocycles. The Balaban J connectivity index is 1.65. The Hall–Kier alpha value is -3.76. The number of aliphatic hydroxyl groups is 1. The van der Waals surface area contributed by atoms with E-state index in [1.54, 1.807) is 43.3 Å². The molecule has 0 unspecified atom stereocenters. The van der Waals surface area contributed by atoms with Crippen molar-refractivity contribution in [2.24, 2.45) is 0 Å². The Kier molecular flexibility index (Phi) is 6.48. The molecule has 0 bridgehead atoms. The third-order valence-corrected chi connectivity index (χ3v) is 8.22. The molecule has 2 aromatic carbocycles. The fraction of sp³-hybridized carbons (Fsp3) is 0.321. The standard InChI is InChI=1S/C28H30N4O5S/c1-17(33)23-15-30-24(16-29-23)26-14-21-19-10-12-22(31-27(34)37-28(2,3)4)20(19)11-13-25(21)32(26)38(35,36)18-8-6-5-7-9-18/h5-9,11,13-17,22,33H,10,12H2,1-4H3,(H,31,34)/t17-,22+/m0/s1. The summed E-state index contributed by atoms with van der Waals surface area (Å²) in [5.41, 5.74) is 2.92. The number of nitrogens with one attached hydrogen (secondary N) is 1. The average Bonchev–Trinajstić information content (AvgIpc) is 3.45. The molecular formula is C28H30N4O5S. The molecule has 1 aliphatic carbocycles. The van der Waals surface area contributed by atoms with Gasteiger partial charge in [-0.1, -0.05) is 24.3 Å². The van der Waals surface area contributed by atoms with Crippen LogP contribution in [0.25, 0.3) is 22.3 Å².